The predicted molar refractivity (Wildman–Crippen MR) is 141 cm³/mol. The number of rotatable bonds is 10. The van der Waals surface area contributed by atoms with Crippen LogP contribution in [0.4, 0.5) is 0 Å². The Labute approximate surface area is 217 Å². The van der Waals surface area contributed by atoms with Crippen LogP contribution in [-0.4, -0.2) is 32.9 Å². The number of amides is 1. The van der Waals surface area contributed by atoms with Gasteiger partial charge < -0.3 is 18.9 Å². The van der Waals surface area contributed by atoms with E-state index in [2.05, 4.69) is 33.1 Å². The van der Waals surface area contributed by atoms with Gasteiger partial charge in [0.1, 0.15) is 6.61 Å². The zero-order valence-corrected chi connectivity index (χ0v) is 21.8. The molecule has 0 aromatic heterocycles. The van der Waals surface area contributed by atoms with Gasteiger partial charge in [-0.15, -0.1) is 0 Å². The van der Waals surface area contributed by atoms with Crippen molar-refractivity contribution in [3.8, 4) is 23.0 Å². The van der Waals surface area contributed by atoms with Crippen molar-refractivity contribution in [1.29, 1.82) is 0 Å². The van der Waals surface area contributed by atoms with Crippen molar-refractivity contribution in [3.05, 3.63) is 79.9 Å². The number of benzene rings is 3. The van der Waals surface area contributed by atoms with Crippen molar-refractivity contribution in [2.24, 2.45) is 5.10 Å². The largest absolute Gasteiger partial charge is 0.493 e. The molecular formula is C25H24ClIN2O5. The molecule has 1 amide bonds. The maximum Gasteiger partial charge on any atom is 0.271 e. The van der Waals surface area contributed by atoms with Crippen molar-refractivity contribution in [1.82, 2.24) is 5.43 Å². The zero-order chi connectivity index (χ0) is 24.5. The maximum atomic E-state index is 12.5. The van der Waals surface area contributed by atoms with Gasteiger partial charge >= 0.3 is 0 Å². The quantitative estimate of drug-likeness (QED) is 0.185. The van der Waals surface area contributed by atoms with Crippen LogP contribution in [0, 0.1) is 3.57 Å². The van der Waals surface area contributed by atoms with Gasteiger partial charge in [0.2, 0.25) is 0 Å². The van der Waals surface area contributed by atoms with Gasteiger partial charge in [0.05, 0.1) is 30.6 Å². The summed E-state index contributed by atoms with van der Waals surface area (Å²) in [4.78, 5) is 12.5. The highest BCUT2D eigenvalue weighted by atomic mass is 127. The van der Waals surface area contributed by atoms with E-state index in [-0.39, 0.29) is 5.91 Å². The summed E-state index contributed by atoms with van der Waals surface area (Å²) < 4.78 is 23.1. The molecule has 1 N–H and O–H groups in total. The zero-order valence-electron chi connectivity index (χ0n) is 18.9. The number of hydrogen-bond acceptors (Lipinski definition) is 6. The summed E-state index contributed by atoms with van der Waals surface area (Å²) in [5, 5.41) is 4.71. The summed E-state index contributed by atoms with van der Waals surface area (Å²) in [6, 6.07) is 16.1. The molecule has 3 rings (SSSR count). The first-order chi connectivity index (χ1) is 16.5. The molecule has 0 atom stereocenters. The van der Waals surface area contributed by atoms with Crippen LogP contribution in [0.2, 0.25) is 5.02 Å². The van der Waals surface area contributed by atoms with Crippen molar-refractivity contribution < 1.29 is 23.7 Å². The summed E-state index contributed by atoms with van der Waals surface area (Å²) in [6.45, 7) is 2.62. The van der Waals surface area contributed by atoms with Gasteiger partial charge in [-0.05, 0) is 71.5 Å². The van der Waals surface area contributed by atoms with Gasteiger partial charge in [-0.25, -0.2) is 5.43 Å². The van der Waals surface area contributed by atoms with Crippen LogP contribution in [0.15, 0.2) is 59.7 Å². The standard InChI is InChI=1S/C25H24ClIN2O5/c1-4-33-22-13-17(9-10-21(22)31-2)25(30)29-28-14-16-11-20(27)24(23(12-16)32-3)34-15-18-7-5-6-8-19(18)26/h5-14H,4,15H2,1-3H3,(H,29,30)/b28-14+. The van der Waals surface area contributed by atoms with Crippen LogP contribution >= 0.6 is 34.2 Å². The number of carbonyl (C=O) groups excluding carboxylic acids is 1. The van der Waals surface area contributed by atoms with Gasteiger partial charge in [-0.2, -0.15) is 5.10 Å². The summed E-state index contributed by atoms with van der Waals surface area (Å²) in [5.41, 5.74) is 4.53. The third-order valence-electron chi connectivity index (χ3n) is 4.69. The molecule has 0 heterocycles. The van der Waals surface area contributed by atoms with Crippen LogP contribution in [0.25, 0.3) is 0 Å². The van der Waals surface area contributed by atoms with Crippen LogP contribution in [0.5, 0.6) is 23.0 Å². The molecule has 0 saturated heterocycles. The minimum Gasteiger partial charge on any atom is -0.493 e. The summed E-state index contributed by atoms with van der Waals surface area (Å²) in [6.07, 6.45) is 1.54. The molecule has 9 heteroatoms. The maximum absolute atomic E-state index is 12.5. The van der Waals surface area contributed by atoms with E-state index in [1.165, 1.54) is 6.21 Å². The van der Waals surface area contributed by atoms with Crippen molar-refractivity contribution in [2.75, 3.05) is 20.8 Å². The molecule has 0 fully saturated rings. The predicted octanol–water partition coefficient (Wildman–Crippen LogP) is 5.70. The van der Waals surface area contributed by atoms with E-state index in [0.717, 1.165) is 14.7 Å². The number of carbonyl (C=O) groups is 1. The monoisotopic (exact) mass is 594 g/mol. The van der Waals surface area contributed by atoms with Crippen LogP contribution in [-0.2, 0) is 6.61 Å². The molecule has 0 unspecified atom stereocenters. The fourth-order valence-corrected chi connectivity index (χ4v) is 4.01. The second kappa shape index (κ2) is 12.5. The minimum absolute atomic E-state index is 0.307. The highest BCUT2D eigenvalue weighted by Crippen LogP contribution is 2.34. The van der Waals surface area contributed by atoms with E-state index in [4.69, 9.17) is 30.5 Å². The molecule has 0 aliphatic rings. The second-order valence-corrected chi connectivity index (χ2v) is 8.48. The average Bonchev–Trinajstić information content (AvgIpc) is 2.84. The number of nitrogens with one attached hydrogen (secondary N) is 1. The van der Waals surface area contributed by atoms with Crippen LogP contribution in [0.3, 0.4) is 0 Å². The Morgan fingerprint density at radius 1 is 1.03 bits per heavy atom. The van der Waals surface area contributed by atoms with E-state index in [9.17, 15) is 4.79 Å². The lowest BCUT2D eigenvalue weighted by molar-refractivity contribution is 0.0954. The number of ether oxygens (including phenoxy) is 4. The molecule has 0 bridgehead atoms. The summed E-state index contributed by atoms with van der Waals surface area (Å²) in [5.74, 6) is 1.82. The van der Waals surface area contributed by atoms with E-state index in [1.54, 1.807) is 38.5 Å². The van der Waals surface area contributed by atoms with Crippen LogP contribution in [0.1, 0.15) is 28.4 Å². The number of halogens is 2. The van der Waals surface area contributed by atoms with Gasteiger partial charge in [0.25, 0.3) is 5.91 Å². The third-order valence-corrected chi connectivity index (χ3v) is 5.86. The Kier molecular flexibility index (Phi) is 9.41. The molecule has 0 spiro atoms. The lowest BCUT2D eigenvalue weighted by Gasteiger charge is -2.14. The molecule has 0 radical (unpaired) electrons. The second-order valence-electron chi connectivity index (χ2n) is 6.91. The highest BCUT2D eigenvalue weighted by molar-refractivity contribution is 14.1. The molecule has 3 aromatic carbocycles. The molecule has 3 aromatic rings. The van der Waals surface area contributed by atoms with E-state index in [0.29, 0.717) is 46.8 Å². The van der Waals surface area contributed by atoms with Crippen LogP contribution < -0.4 is 24.4 Å². The first-order valence-electron chi connectivity index (χ1n) is 10.3. The molecule has 0 aliphatic carbocycles. The number of hydrazone groups is 1. The summed E-state index contributed by atoms with van der Waals surface area (Å²) >= 11 is 8.38. The summed E-state index contributed by atoms with van der Waals surface area (Å²) in [7, 11) is 3.11. The Morgan fingerprint density at radius 2 is 1.79 bits per heavy atom. The Hall–Kier alpha value is -2.98. The number of methoxy groups -OCH3 is 2. The lowest BCUT2D eigenvalue weighted by atomic mass is 10.2. The molecular weight excluding hydrogens is 571 g/mol. The van der Waals surface area contributed by atoms with Gasteiger partial charge in [-0.3, -0.25) is 4.79 Å². The highest BCUT2D eigenvalue weighted by Gasteiger charge is 2.13. The Balaban J connectivity index is 1.70. The van der Waals surface area contributed by atoms with Gasteiger partial charge in [0, 0.05) is 16.1 Å². The minimum atomic E-state index is -0.374. The molecule has 34 heavy (non-hydrogen) atoms. The van der Waals surface area contributed by atoms with E-state index < -0.39 is 0 Å². The Morgan fingerprint density at radius 3 is 2.50 bits per heavy atom. The molecule has 0 aliphatic heterocycles. The molecule has 7 nitrogen and oxygen atoms in total. The van der Waals surface area contributed by atoms with Crippen molar-refractivity contribution in [2.45, 2.75) is 13.5 Å². The van der Waals surface area contributed by atoms with Gasteiger partial charge in [0.15, 0.2) is 23.0 Å². The fraction of sp³-hybridized carbons (Fsp3) is 0.200. The first kappa shape index (κ1) is 25.6. The Bertz CT molecular complexity index is 1190. The third kappa shape index (κ3) is 6.54. The lowest BCUT2D eigenvalue weighted by Crippen LogP contribution is -2.17. The fourth-order valence-electron chi connectivity index (χ4n) is 3.04. The topological polar surface area (TPSA) is 78.4 Å². The molecule has 178 valence electrons. The smallest absolute Gasteiger partial charge is 0.271 e. The normalized spacial score (nSPS) is 10.7. The first-order valence-corrected chi connectivity index (χ1v) is 11.8. The average molecular weight is 595 g/mol. The SMILES string of the molecule is CCOc1cc(C(=O)N/N=C/c2cc(I)c(OCc3ccccc3Cl)c(OC)c2)ccc1OC. The van der Waals surface area contributed by atoms with Gasteiger partial charge in [-0.1, -0.05) is 29.8 Å². The van der Waals surface area contributed by atoms with Crippen molar-refractivity contribution >= 4 is 46.3 Å². The number of nitrogens with zero attached hydrogens (tertiary/aromatic N) is 1. The van der Waals surface area contributed by atoms with Crippen molar-refractivity contribution in [3.63, 3.8) is 0 Å². The molecule has 0 saturated carbocycles. The van der Waals surface area contributed by atoms with E-state index in [1.807, 2.05) is 37.3 Å². The van der Waals surface area contributed by atoms with E-state index >= 15 is 0 Å². The number of hydrogen-bond donors (Lipinski definition) is 1.